The molecule has 5 heteroatoms. The van der Waals surface area contributed by atoms with Gasteiger partial charge in [0.25, 0.3) is 0 Å². The van der Waals surface area contributed by atoms with Crippen LogP contribution < -0.4 is 0 Å². The lowest BCUT2D eigenvalue weighted by Gasteiger charge is -2.50. The standard InChI is InChI=1S/C22H28O5/c1-22-11-10-16-15-5-3-14(23)12-13(15)2-4-17(16)18(22)6-7-19(22)27-21(26)9-8-20(24)25/h3,5,12,16-19,23H,2,4,6-11H2,1H3,(H,24,25)/t16-,17-,18-,19-,22+/m1/s1. The van der Waals surface area contributed by atoms with Gasteiger partial charge in [-0.3, -0.25) is 9.59 Å². The number of hydrogen-bond acceptors (Lipinski definition) is 4. The number of esters is 1. The van der Waals surface area contributed by atoms with Crippen LogP contribution in [0.4, 0.5) is 0 Å². The number of rotatable bonds is 4. The Morgan fingerprint density at radius 2 is 2.00 bits per heavy atom. The van der Waals surface area contributed by atoms with Gasteiger partial charge in [0.15, 0.2) is 0 Å². The molecule has 4 rings (SSSR count). The second-order valence-corrected chi connectivity index (χ2v) is 8.79. The Hall–Kier alpha value is -2.04. The zero-order valence-corrected chi connectivity index (χ0v) is 15.8. The lowest BCUT2D eigenvalue weighted by Crippen LogP contribution is -2.45. The van der Waals surface area contributed by atoms with Gasteiger partial charge in [-0.05, 0) is 79.5 Å². The van der Waals surface area contributed by atoms with Crippen molar-refractivity contribution in [3.8, 4) is 5.75 Å². The molecule has 0 bridgehead atoms. The molecule has 0 amide bonds. The molecule has 27 heavy (non-hydrogen) atoms. The van der Waals surface area contributed by atoms with Crippen LogP contribution in [0.3, 0.4) is 0 Å². The van der Waals surface area contributed by atoms with Crippen molar-refractivity contribution in [2.45, 2.75) is 70.3 Å². The third kappa shape index (κ3) is 3.21. The normalized spacial score (nSPS) is 34.3. The van der Waals surface area contributed by atoms with E-state index in [2.05, 4.69) is 13.0 Å². The summed E-state index contributed by atoms with van der Waals surface area (Å²) in [4.78, 5) is 22.8. The second-order valence-electron chi connectivity index (χ2n) is 8.79. The van der Waals surface area contributed by atoms with Gasteiger partial charge in [0.1, 0.15) is 11.9 Å². The van der Waals surface area contributed by atoms with Crippen LogP contribution in [0.15, 0.2) is 18.2 Å². The minimum Gasteiger partial charge on any atom is -0.508 e. The first-order chi connectivity index (χ1) is 12.9. The Balaban J connectivity index is 1.49. The molecule has 0 spiro atoms. The SMILES string of the molecule is C[C@]12CC[C@@H]3c4ccc(O)cc4CC[C@H]3[C@H]1CC[C@H]2OC(=O)CCC(=O)O. The van der Waals surface area contributed by atoms with Crippen LogP contribution in [0, 0.1) is 17.3 Å². The number of hydrogen-bond donors (Lipinski definition) is 2. The summed E-state index contributed by atoms with van der Waals surface area (Å²) in [6.07, 6.45) is 5.88. The average molecular weight is 372 g/mol. The Morgan fingerprint density at radius 1 is 1.19 bits per heavy atom. The van der Waals surface area contributed by atoms with E-state index in [1.807, 2.05) is 6.07 Å². The van der Waals surface area contributed by atoms with Crippen LogP contribution in [0.25, 0.3) is 0 Å². The molecule has 0 aromatic heterocycles. The molecule has 3 aliphatic carbocycles. The molecule has 2 N–H and O–H groups in total. The minimum absolute atomic E-state index is 0.00548. The Bertz CT molecular complexity index is 757. The van der Waals surface area contributed by atoms with Crippen molar-refractivity contribution < 1.29 is 24.5 Å². The fourth-order valence-electron chi connectivity index (χ4n) is 6.14. The Kier molecular flexibility index (Phi) is 4.65. The van der Waals surface area contributed by atoms with E-state index in [0.29, 0.717) is 23.5 Å². The maximum atomic E-state index is 12.1. The number of carboxylic acid groups (broad SMARTS) is 1. The summed E-state index contributed by atoms with van der Waals surface area (Å²) in [6, 6.07) is 5.82. The van der Waals surface area contributed by atoms with E-state index in [-0.39, 0.29) is 30.3 Å². The molecule has 5 atom stereocenters. The maximum Gasteiger partial charge on any atom is 0.306 e. The summed E-state index contributed by atoms with van der Waals surface area (Å²) in [5.41, 5.74) is 2.68. The number of aliphatic carboxylic acids is 1. The number of benzene rings is 1. The van der Waals surface area contributed by atoms with Gasteiger partial charge in [-0.1, -0.05) is 13.0 Å². The summed E-state index contributed by atoms with van der Waals surface area (Å²) >= 11 is 0. The van der Waals surface area contributed by atoms with E-state index in [1.54, 1.807) is 6.07 Å². The topological polar surface area (TPSA) is 83.8 Å². The van der Waals surface area contributed by atoms with Crippen LogP contribution in [-0.4, -0.2) is 28.3 Å². The summed E-state index contributed by atoms with van der Waals surface area (Å²) in [6.45, 7) is 2.27. The molecule has 1 aromatic carbocycles. The summed E-state index contributed by atoms with van der Waals surface area (Å²) < 4.78 is 5.76. The van der Waals surface area contributed by atoms with Crippen molar-refractivity contribution in [3.63, 3.8) is 0 Å². The average Bonchev–Trinajstić information content (AvgIpc) is 2.96. The molecule has 0 saturated heterocycles. The molecule has 0 radical (unpaired) electrons. The zero-order chi connectivity index (χ0) is 19.2. The van der Waals surface area contributed by atoms with Gasteiger partial charge in [0.2, 0.25) is 0 Å². The smallest absolute Gasteiger partial charge is 0.306 e. The molecule has 3 aliphatic rings. The van der Waals surface area contributed by atoms with E-state index in [1.165, 1.54) is 11.1 Å². The molecule has 2 fully saturated rings. The van der Waals surface area contributed by atoms with Crippen molar-refractivity contribution in [1.29, 1.82) is 0 Å². The van der Waals surface area contributed by atoms with Gasteiger partial charge in [-0.2, -0.15) is 0 Å². The molecule has 146 valence electrons. The second kappa shape index (κ2) is 6.84. The third-order valence-corrected chi connectivity index (χ3v) is 7.44. The first kappa shape index (κ1) is 18.3. The van der Waals surface area contributed by atoms with Gasteiger partial charge in [0.05, 0.1) is 12.8 Å². The number of phenols is 1. The predicted octanol–water partition coefficient (Wildman–Crippen LogP) is 4.02. The Labute approximate surface area is 159 Å². The largest absolute Gasteiger partial charge is 0.508 e. The summed E-state index contributed by atoms with van der Waals surface area (Å²) in [5.74, 6) is 0.681. The van der Waals surface area contributed by atoms with Crippen LogP contribution in [0.5, 0.6) is 5.75 Å². The van der Waals surface area contributed by atoms with E-state index in [4.69, 9.17) is 9.84 Å². The lowest BCUT2D eigenvalue weighted by molar-refractivity contribution is -0.159. The van der Waals surface area contributed by atoms with Crippen LogP contribution in [-0.2, 0) is 20.7 Å². The van der Waals surface area contributed by atoms with Gasteiger partial charge >= 0.3 is 11.9 Å². The van der Waals surface area contributed by atoms with Crippen molar-refractivity contribution in [3.05, 3.63) is 29.3 Å². The van der Waals surface area contributed by atoms with Crippen LogP contribution in [0.1, 0.15) is 68.9 Å². The number of carbonyl (C=O) groups is 2. The van der Waals surface area contributed by atoms with E-state index in [0.717, 1.165) is 38.5 Å². The first-order valence-corrected chi connectivity index (χ1v) is 10.1. The molecular formula is C22H28O5. The summed E-state index contributed by atoms with van der Waals surface area (Å²) in [5, 5.41) is 18.6. The lowest BCUT2D eigenvalue weighted by atomic mass is 9.55. The van der Waals surface area contributed by atoms with Crippen molar-refractivity contribution in [2.24, 2.45) is 17.3 Å². The number of aryl methyl sites for hydroxylation is 1. The molecule has 1 aromatic rings. The number of aromatic hydroxyl groups is 1. The molecule has 0 aliphatic heterocycles. The Morgan fingerprint density at radius 3 is 2.78 bits per heavy atom. The van der Waals surface area contributed by atoms with E-state index in [9.17, 15) is 14.7 Å². The number of carbonyl (C=O) groups excluding carboxylic acids is 1. The number of phenolic OH excluding ortho intramolecular Hbond substituents is 1. The molecule has 5 nitrogen and oxygen atoms in total. The van der Waals surface area contributed by atoms with Crippen molar-refractivity contribution in [1.82, 2.24) is 0 Å². The highest BCUT2D eigenvalue weighted by molar-refractivity contribution is 5.76. The number of ether oxygens (including phenoxy) is 1. The molecule has 2 saturated carbocycles. The fraction of sp³-hybridized carbons (Fsp3) is 0.636. The fourth-order valence-corrected chi connectivity index (χ4v) is 6.14. The van der Waals surface area contributed by atoms with E-state index >= 15 is 0 Å². The van der Waals surface area contributed by atoms with Gasteiger partial charge in [-0.15, -0.1) is 0 Å². The highest BCUT2D eigenvalue weighted by Crippen LogP contribution is 2.61. The highest BCUT2D eigenvalue weighted by Gasteiger charge is 2.56. The predicted molar refractivity (Wildman–Crippen MR) is 99.5 cm³/mol. The van der Waals surface area contributed by atoms with Crippen molar-refractivity contribution >= 4 is 11.9 Å². The van der Waals surface area contributed by atoms with Crippen molar-refractivity contribution in [2.75, 3.05) is 0 Å². The highest BCUT2D eigenvalue weighted by atomic mass is 16.5. The summed E-state index contributed by atoms with van der Waals surface area (Å²) in [7, 11) is 0. The monoisotopic (exact) mass is 372 g/mol. The third-order valence-electron chi connectivity index (χ3n) is 7.44. The zero-order valence-electron chi connectivity index (χ0n) is 15.8. The number of fused-ring (bicyclic) bond motifs is 5. The quantitative estimate of drug-likeness (QED) is 0.780. The van der Waals surface area contributed by atoms with Gasteiger partial charge < -0.3 is 14.9 Å². The van der Waals surface area contributed by atoms with Crippen LogP contribution in [0.2, 0.25) is 0 Å². The van der Waals surface area contributed by atoms with E-state index < -0.39 is 5.97 Å². The van der Waals surface area contributed by atoms with Crippen LogP contribution >= 0.6 is 0 Å². The number of carboxylic acids is 1. The minimum atomic E-state index is -0.963. The van der Waals surface area contributed by atoms with Gasteiger partial charge in [-0.25, -0.2) is 0 Å². The first-order valence-electron chi connectivity index (χ1n) is 10.1. The molecule has 0 unspecified atom stereocenters. The molecular weight excluding hydrogens is 344 g/mol. The molecule has 0 heterocycles. The maximum absolute atomic E-state index is 12.1. The van der Waals surface area contributed by atoms with Gasteiger partial charge in [0, 0.05) is 5.41 Å².